The molecule has 26 heavy (non-hydrogen) atoms. The smallest absolute Gasteiger partial charge is 0.263 e. The molecule has 2 aromatic rings. The average molecular weight is 350 g/mol. The first kappa shape index (κ1) is 18.2. The van der Waals surface area contributed by atoms with Gasteiger partial charge in [0.15, 0.2) is 0 Å². The maximum Gasteiger partial charge on any atom is 0.263 e. The number of hydroxylamine groups is 1. The van der Waals surface area contributed by atoms with Crippen LogP contribution in [-0.2, 0) is 11.2 Å². The third-order valence-electron chi connectivity index (χ3n) is 4.60. The zero-order valence-electron chi connectivity index (χ0n) is 14.6. The molecule has 2 aromatic carbocycles. The second kappa shape index (κ2) is 8.15. The average Bonchev–Trinajstić information content (AvgIpc) is 3.06. The van der Waals surface area contributed by atoms with E-state index in [9.17, 15) is 9.90 Å². The predicted octanol–water partition coefficient (Wildman–Crippen LogP) is 1.92. The first-order chi connectivity index (χ1) is 12.6. The van der Waals surface area contributed by atoms with Crippen LogP contribution in [0.2, 0.25) is 0 Å². The van der Waals surface area contributed by atoms with Gasteiger partial charge in [0.25, 0.3) is 5.91 Å². The highest BCUT2D eigenvalue weighted by Crippen LogP contribution is 2.32. The number of aryl methyl sites for hydroxylation is 1. The van der Waals surface area contributed by atoms with Gasteiger partial charge >= 0.3 is 0 Å². The zero-order valence-corrected chi connectivity index (χ0v) is 14.6. The minimum atomic E-state index is -0.915. The Hall–Kier alpha value is -2.65. The highest BCUT2D eigenvalue weighted by atomic mass is 16.5. The van der Waals surface area contributed by atoms with Crippen molar-refractivity contribution in [2.75, 3.05) is 0 Å². The lowest BCUT2D eigenvalue weighted by Crippen LogP contribution is -2.50. The van der Waals surface area contributed by atoms with Gasteiger partial charge in [0.1, 0.15) is 6.04 Å². The van der Waals surface area contributed by atoms with Crippen molar-refractivity contribution in [1.82, 2.24) is 10.8 Å². The zero-order chi connectivity index (χ0) is 18.5. The maximum atomic E-state index is 11.7. The molecule has 1 amide bonds. The van der Waals surface area contributed by atoms with Crippen LogP contribution in [0.1, 0.15) is 41.6 Å². The number of fused-ring (bicyclic) bond motifs is 1. The van der Waals surface area contributed by atoms with E-state index in [1.54, 1.807) is 5.48 Å². The van der Waals surface area contributed by atoms with E-state index in [2.05, 4.69) is 23.2 Å². The van der Waals surface area contributed by atoms with Crippen LogP contribution in [0.4, 0.5) is 0 Å². The summed E-state index contributed by atoms with van der Waals surface area (Å²) in [5.41, 5.74) is 5.83. The van der Waals surface area contributed by atoms with E-state index in [1.165, 1.54) is 12.5 Å². The van der Waals surface area contributed by atoms with Gasteiger partial charge in [-0.15, -0.1) is 0 Å². The number of hydrogen-bond donors (Lipinski definition) is 4. The van der Waals surface area contributed by atoms with Crippen LogP contribution in [0, 0.1) is 11.8 Å². The summed E-state index contributed by atoms with van der Waals surface area (Å²) < 4.78 is 0. The Morgan fingerprint density at radius 2 is 1.88 bits per heavy atom. The molecule has 0 spiro atoms. The van der Waals surface area contributed by atoms with Crippen molar-refractivity contribution >= 4 is 5.91 Å². The van der Waals surface area contributed by atoms with Gasteiger partial charge in [-0.1, -0.05) is 36.1 Å². The van der Waals surface area contributed by atoms with Crippen molar-refractivity contribution in [2.24, 2.45) is 0 Å². The van der Waals surface area contributed by atoms with Crippen LogP contribution >= 0.6 is 0 Å². The topological polar surface area (TPSA) is 81.6 Å². The fourth-order valence-electron chi connectivity index (χ4n) is 3.25. The molecule has 5 nitrogen and oxygen atoms in total. The van der Waals surface area contributed by atoms with Crippen LogP contribution in [-0.4, -0.2) is 28.4 Å². The molecule has 0 fully saturated rings. The van der Waals surface area contributed by atoms with Gasteiger partial charge in [-0.3, -0.25) is 15.3 Å². The monoisotopic (exact) mass is 350 g/mol. The van der Waals surface area contributed by atoms with Crippen LogP contribution < -0.4 is 10.8 Å². The van der Waals surface area contributed by atoms with E-state index in [0.717, 1.165) is 29.5 Å². The number of carbonyl (C=O) groups is 1. The van der Waals surface area contributed by atoms with E-state index < -0.39 is 18.1 Å². The summed E-state index contributed by atoms with van der Waals surface area (Å²) in [5, 5.41) is 21.8. The molecule has 0 radical (unpaired) electrons. The SMILES string of the molecule is C[C@@H](O)[C@H](NC1CCc2cc(C#Cc3ccccc3)ccc21)C(=O)NO. The minimum Gasteiger partial charge on any atom is -0.391 e. The fraction of sp³-hybridized carbons (Fsp3) is 0.286. The fourth-order valence-corrected chi connectivity index (χ4v) is 3.25. The summed E-state index contributed by atoms with van der Waals surface area (Å²) >= 11 is 0. The van der Waals surface area contributed by atoms with Crippen molar-refractivity contribution in [2.45, 2.75) is 38.0 Å². The number of nitrogens with one attached hydrogen (secondary N) is 2. The summed E-state index contributed by atoms with van der Waals surface area (Å²) in [7, 11) is 0. The van der Waals surface area contributed by atoms with Gasteiger partial charge < -0.3 is 5.11 Å². The molecule has 3 atom stereocenters. The molecule has 1 aliphatic rings. The summed E-state index contributed by atoms with van der Waals surface area (Å²) in [4.78, 5) is 11.7. The molecular weight excluding hydrogens is 328 g/mol. The molecule has 5 heteroatoms. The quantitative estimate of drug-likeness (QED) is 0.386. The molecule has 0 heterocycles. The lowest BCUT2D eigenvalue weighted by Gasteiger charge is -2.24. The normalized spacial score (nSPS) is 17.6. The largest absolute Gasteiger partial charge is 0.391 e. The number of rotatable bonds is 4. The summed E-state index contributed by atoms with van der Waals surface area (Å²) in [6.07, 6.45) is 0.788. The Bertz CT molecular complexity index is 837. The first-order valence-corrected chi connectivity index (χ1v) is 8.66. The Morgan fingerprint density at radius 1 is 1.15 bits per heavy atom. The highest BCUT2D eigenvalue weighted by molar-refractivity contribution is 5.81. The number of aliphatic hydroxyl groups is 1. The predicted molar refractivity (Wildman–Crippen MR) is 98.5 cm³/mol. The number of aliphatic hydroxyl groups excluding tert-OH is 1. The number of amides is 1. The first-order valence-electron chi connectivity index (χ1n) is 8.66. The van der Waals surface area contributed by atoms with E-state index >= 15 is 0 Å². The van der Waals surface area contributed by atoms with E-state index in [1.807, 2.05) is 42.5 Å². The molecule has 0 aromatic heterocycles. The second-order valence-electron chi connectivity index (χ2n) is 6.48. The van der Waals surface area contributed by atoms with Crippen LogP contribution in [0.15, 0.2) is 48.5 Å². The summed E-state index contributed by atoms with van der Waals surface area (Å²) in [5.74, 6) is 5.70. The molecule has 134 valence electrons. The van der Waals surface area contributed by atoms with Gasteiger partial charge in [-0.25, -0.2) is 5.48 Å². The molecule has 0 bridgehead atoms. The summed E-state index contributed by atoms with van der Waals surface area (Å²) in [6, 6.07) is 15.0. The molecule has 1 aliphatic carbocycles. The lowest BCUT2D eigenvalue weighted by atomic mass is 10.0. The molecule has 4 N–H and O–H groups in total. The Morgan fingerprint density at radius 3 is 2.58 bits per heavy atom. The maximum absolute atomic E-state index is 11.7. The second-order valence-corrected chi connectivity index (χ2v) is 6.48. The standard InChI is InChI=1S/C21H22N2O3/c1-14(24)20(21(25)23-26)22-19-12-10-17-13-16(9-11-18(17)19)8-7-15-5-3-2-4-6-15/h2-6,9,11,13-14,19-20,22,24,26H,10,12H2,1H3,(H,23,25)/t14-,19?,20+/m1/s1. The Balaban J connectivity index is 1.76. The van der Waals surface area contributed by atoms with Crippen molar-refractivity contribution < 1.29 is 15.1 Å². The van der Waals surface area contributed by atoms with Crippen LogP contribution in [0.3, 0.4) is 0 Å². The molecular formula is C21H22N2O3. The lowest BCUT2D eigenvalue weighted by molar-refractivity contribution is -0.134. The van der Waals surface area contributed by atoms with Gasteiger partial charge in [0, 0.05) is 17.2 Å². The van der Waals surface area contributed by atoms with E-state index in [-0.39, 0.29) is 6.04 Å². The number of benzene rings is 2. The van der Waals surface area contributed by atoms with E-state index in [4.69, 9.17) is 5.21 Å². The molecule has 1 unspecified atom stereocenters. The number of carbonyl (C=O) groups excluding carboxylic acids is 1. The van der Waals surface area contributed by atoms with Crippen molar-refractivity contribution in [3.05, 3.63) is 70.8 Å². The molecule has 3 rings (SSSR count). The van der Waals surface area contributed by atoms with Crippen molar-refractivity contribution in [1.29, 1.82) is 0 Å². The third kappa shape index (κ3) is 4.12. The van der Waals surface area contributed by atoms with Gasteiger partial charge in [0.2, 0.25) is 0 Å². The van der Waals surface area contributed by atoms with Crippen LogP contribution in [0.25, 0.3) is 0 Å². The minimum absolute atomic E-state index is 0.0435. The third-order valence-corrected chi connectivity index (χ3v) is 4.60. The van der Waals surface area contributed by atoms with E-state index in [0.29, 0.717) is 0 Å². The van der Waals surface area contributed by atoms with Gasteiger partial charge in [-0.05, 0) is 55.2 Å². The Kier molecular flexibility index (Phi) is 5.69. The van der Waals surface area contributed by atoms with Gasteiger partial charge in [0.05, 0.1) is 6.10 Å². The van der Waals surface area contributed by atoms with Crippen LogP contribution in [0.5, 0.6) is 0 Å². The molecule has 0 aliphatic heterocycles. The summed E-state index contributed by atoms with van der Waals surface area (Å²) in [6.45, 7) is 1.52. The van der Waals surface area contributed by atoms with Crippen molar-refractivity contribution in [3.63, 3.8) is 0 Å². The molecule has 0 saturated heterocycles. The molecule has 0 saturated carbocycles. The van der Waals surface area contributed by atoms with Crippen molar-refractivity contribution in [3.8, 4) is 11.8 Å². The Labute approximate surface area is 153 Å². The number of hydrogen-bond acceptors (Lipinski definition) is 4. The highest BCUT2D eigenvalue weighted by Gasteiger charge is 2.30. The van der Waals surface area contributed by atoms with Gasteiger partial charge in [-0.2, -0.15) is 0 Å².